The first-order valence-corrected chi connectivity index (χ1v) is 7.02. The van der Waals surface area contributed by atoms with Crippen molar-refractivity contribution < 1.29 is 18.7 Å². The first-order valence-electron chi connectivity index (χ1n) is 7.02. The van der Waals surface area contributed by atoms with Crippen molar-refractivity contribution >= 4 is 17.6 Å². The Labute approximate surface area is 133 Å². The van der Waals surface area contributed by atoms with Crippen molar-refractivity contribution in [3.8, 4) is 0 Å². The molecule has 0 aliphatic rings. The smallest absolute Gasteiger partial charge is 0.337 e. The van der Waals surface area contributed by atoms with Gasteiger partial charge in [0.1, 0.15) is 5.82 Å². The van der Waals surface area contributed by atoms with Crippen molar-refractivity contribution in [1.29, 1.82) is 0 Å². The van der Waals surface area contributed by atoms with E-state index < -0.39 is 5.97 Å². The van der Waals surface area contributed by atoms with E-state index in [4.69, 9.17) is 0 Å². The van der Waals surface area contributed by atoms with Crippen LogP contribution in [0.2, 0.25) is 0 Å². The molecule has 6 heteroatoms. The average Bonchev–Trinajstić information content (AvgIpc) is 2.58. The van der Waals surface area contributed by atoms with E-state index in [1.807, 2.05) is 0 Å². The number of methoxy groups -OCH3 is 1. The van der Waals surface area contributed by atoms with E-state index in [-0.39, 0.29) is 24.8 Å². The van der Waals surface area contributed by atoms with Gasteiger partial charge in [-0.15, -0.1) is 0 Å². The summed E-state index contributed by atoms with van der Waals surface area (Å²) in [5.41, 5.74) is 1.44. The molecule has 1 amide bonds. The van der Waals surface area contributed by atoms with Gasteiger partial charge in [-0.2, -0.15) is 0 Å². The van der Waals surface area contributed by atoms with Crippen LogP contribution in [0.25, 0.3) is 0 Å². The molecule has 2 rings (SSSR count). The summed E-state index contributed by atoms with van der Waals surface area (Å²) in [5, 5.41) is 5.53. The Morgan fingerprint density at radius 2 is 1.91 bits per heavy atom. The number of carbonyl (C=O) groups excluding carboxylic acids is 2. The minimum absolute atomic E-state index is 0.0130. The number of hydrogen-bond acceptors (Lipinski definition) is 4. The highest BCUT2D eigenvalue weighted by molar-refractivity contribution is 5.90. The number of ether oxygens (including phenoxy) is 1. The molecule has 0 aliphatic carbocycles. The molecule has 0 heterocycles. The van der Waals surface area contributed by atoms with E-state index in [0.29, 0.717) is 16.8 Å². The summed E-state index contributed by atoms with van der Waals surface area (Å²) in [6, 6.07) is 12.9. The Hall–Kier alpha value is -2.89. The highest BCUT2D eigenvalue weighted by atomic mass is 19.1. The fourth-order valence-corrected chi connectivity index (χ4v) is 1.95. The van der Waals surface area contributed by atoms with Crippen LogP contribution in [0.5, 0.6) is 0 Å². The number of nitrogens with one attached hydrogen (secondary N) is 2. The summed E-state index contributed by atoms with van der Waals surface area (Å²) in [6.45, 7) is 0.133. The molecule has 0 bridgehead atoms. The highest BCUT2D eigenvalue weighted by Gasteiger charge is 2.07. The third-order valence-electron chi connectivity index (χ3n) is 3.17. The molecule has 0 spiro atoms. The van der Waals surface area contributed by atoms with Crippen molar-refractivity contribution in [3.63, 3.8) is 0 Å². The maximum absolute atomic E-state index is 13.4. The van der Waals surface area contributed by atoms with E-state index in [1.54, 1.807) is 42.5 Å². The molecule has 0 aromatic heterocycles. The zero-order valence-electron chi connectivity index (χ0n) is 12.6. The Morgan fingerprint density at radius 1 is 1.13 bits per heavy atom. The van der Waals surface area contributed by atoms with Gasteiger partial charge in [0.05, 0.1) is 19.2 Å². The lowest BCUT2D eigenvalue weighted by molar-refractivity contribution is -0.119. The third-order valence-corrected chi connectivity index (χ3v) is 3.17. The number of carbonyl (C=O) groups is 2. The van der Waals surface area contributed by atoms with E-state index in [0.717, 1.165) is 0 Å². The summed E-state index contributed by atoms with van der Waals surface area (Å²) in [6.07, 6.45) is 0. The van der Waals surface area contributed by atoms with Crippen LogP contribution >= 0.6 is 0 Å². The largest absolute Gasteiger partial charge is 0.465 e. The lowest BCUT2D eigenvalue weighted by Gasteiger charge is -2.09. The van der Waals surface area contributed by atoms with Crippen molar-refractivity contribution in [3.05, 3.63) is 65.5 Å². The molecular formula is C17H17FN2O3. The number of anilines is 1. The fourth-order valence-electron chi connectivity index (χ4n) is 1.95. The van der Waals surface area contributed by atoms with Crippen LogP contribution < -0.4 is 10.6 Å². The van der Waals surface area contributed by atoms with E-state index in [1.165, 1.54) is 13.2 Å². The molecule has 2 aromatic carbocycles. The number of hydrogen-bond donors (Lipinski definition) is 2. The van der Waals surface area contributed by atoms with Crippen LogP contribution in [-0.2, 0) is 16.1 Å². The van der Waals surface area contributed by atoms with Crippen molar-refractivity contribution in [2.75, 3.05) is 19.0 Å². The standard InChI is InChI=1S/C17H17FN2O3/c1-23-17(22)12-6-4-7-14(9-12)19-11-16(21)20-10-13-5-2-3-8-15(13)18/h2-9,19H,10-11H2,1H3,(H,20,21). The second-order valence-corrected chi connectivity index (χ2v) is 4.79. The SMILES string of the molecule is COC(=O)c1cccc(NCC(=O)NCc2ccccc2F)c1. The Kier molecular flexibility index (Phi) is 5.68. The maximum Gasteiger partial charge on any atom is 0.337 e. The normalized spacial score (nSPS) is 10.0. The molecule has 0 saturated heterocycles. The van der Waals surface area contributed by atoms with Crippen LogP contribution in [-0.4, -0.2) is 25.5 Å². The number of esters is 1. The lowest BCUT2D eigenvalue weighted by atomic mass is 10.2. The Bertz CT molecular complexity index is 704. The first kappa shape index (κ1) is 16.5. The van der Waals surface area contributed by atoms with Gasteiger partial charge in [-0.05, 0) is 24.3 Å². The minimum Gasteiger partial charge on any atom is -0.465 e. The molecule has 0 unspecified atom stereocenters. The van der Waals surface area contributed by atoms with Gasteiger partial charge in [-0.3, -0.25) is 4.79 Å². The predicted octanol–water partition coefficient (Wildman–Crippen LogP) is 2.34. The molecule has 0 fully saturated rings. The summed E-state index contributed by atoms with van der Waals surface area (Å²) in [5.74, 6) is -1.08. The molecular weight excluding hydrogens is 299 g/mol. The number of amides is 1. The second kappa shape index (κ2) is 7.93. The molecule has 2 N–H and O–H groups in total. The van der Waals surface area contributed by atoms with Crippen LogP contribution in [0.4, 0.5) is 10.1 Å². The van der Waals surface area contributed by atoms with Gasteiger partial charge in [0.25, 0.3) is 0 Å². The average molecular weight is 316 g/mol. The predicted molar refractivity (Wildman–Crippen MR) is 84.5 cm³/mol. The van der Waals surface area contributed by atoms with E-state index in [9.17, 15) is 14.0 Å². The van der Waals surface area contributed by atoms with Gasteiger partial charge in [-0.1, -0.05) is 24.3 Å². The van der Waals surface area contributed by atoms with Crippen molar-refractivity contribution in [2.24, 2.45) is 0 Å². The van der Waals surface area contributed by atoms with Gasteiger partial charge >= 0.3 is 5.97 Å². The van der Waals surface area contributed by atoms with Crippen molar-refractivity contribution in [2.45, 2.75) is 6.54 Å². The zero-order chi connectivity index (χ0) is 16.7. The summed E-state index contributed by atoms with van der Waals surface area (Å²) in [4.78, 5) is 23.2. The first-order chi connectivity index (χ1) is 11.1. The van der Waals surface area contributed by atoms with E-state index >= 15 is 0 Å². The molecule has 0 saturated carbocycles. The fraction of sp³-hybridized carbons (Fsp3) is 0.176. The lowest BCUT2D eigenvalue weighted by Crippen LogP contribution is -2.29. The molecule has 0 atom stereocenters. The summed E-state index contributed by atoms with van der Waals surface area (Å²) in [7, 11) is 1.30. The van der Waals surface area contributed by atoms with E-state index in [2.05, 4.69) is 15.4 Å². The molecule has 2 aromatic rings. The molecule has 23 heavy (non-hydrogen) atoms. The summed E-state index contributed by atoms with van der Waals surface area (Å²) >= 11 is 0. The highest BCUT2D eigenvalue weighted by Crippen LogP contribution is 2.11. The maximum atomic E-state index is 13.4. The number of halogens is 1. The van der Waals surface area contributed by atoms with Crippen LogP contribution in [0, 0.1) is 5.82 Å². The summed E-state index contributed by atoms with van der Waals surface area (Å²) < 4.78 is 18.1. The quantitative estimate of drug-likeness (QED) is 0.803. The second-order valence-electron chi connectivity index (χ2n) is 4.79. The zero-order valence-corrected chi connectivity index (χ0v) is 12.6. The number of benzene rings is 2. The van der Waals surface area contributed by atoms with Gasteiger partial charge in [0.15, 0.2) is 0 Å². The van der Waals surface area contributed by atoms with Crippen LogP contribution in [0.15, 0.2) is 48.5 Å². The molecule has 120 valence electrons. The van der Waals surface area contributed by atoms with Crippen molar-refractivity contribution in [1.82, 2.24) is 5.32 Å². The molecule has 0 aliphatic heterocycles. The minimum atomic E-state index is -0.447. The van der Waals surface area contributed by atoms with Crippen LogP contribution in [0.1, 0.15) is 15.9 Å². The Morgan fingerprint density at radius 3 is 2.65 bits per heavy atom. The topological polar surface area (TPSA) is 67.4 Å². The monoisotopic (exact) mass is 316 g/mol. The van der Waals surface area contributed by atoms with Gasteiger partial charge in [-0.25, -0.2) is 9.18 Å². The third kappa shape index (κ3) is 4.81. The van der Waals surface area contributed by atoms with Gasteiger partial charge in [0, 0.05) is 17.8 Å². The van der Waals surface area contributed by atoms with Gasteiger partial charge < -0.3 is 15.4 Å². The molecule has 5 nitrogen and oxygen atoms in total. The molecule has 0 radical (unpaired) electrons. The van der Waals surface area contributed by atoms with Gasteiger partial charge in [0.2, 0.25) is 5.91 Å². The number of rotatable bonds is 6. The Balaban J connectivity index is 1.85. The van der Waals surface area contributed by atoms with Crippen LogP contribution in [0.3, 0.4) is 0 Å².